The number of rotatable bonds is 2. The molecule has 2 bridgehead atoms. The Balaban J connectivity index is 1.79. The fraction of sp³-hybridized carbons (Fsp3) is 0.625. The van der Waals surface area contributed by atoms with Gasteiger partial charge in [-0.3, -0.25) is 14.5 Å². The number of carbonyl (C=O) groups is 1. The van der Waals surface area contributed by atoms with Crippen molar-refractivity contribution in [2.45, 2.75) is 51.2 Å². The van der Waals surface area contributed by atoms with Gasteiger partial charge >= 0.3 is 0 Å². The molecule has 1 amide bonds. The summed E-state index contributed by atoms with van der Waals surface area (Å²) in [4.78, 5) is 31.0. The minimum absolute atomic E-state index is 0.0163. The van der Waals surface area contributed by atoms with Gasteiger partial charge in [-0.15, -0.1) is 0 Å². The zero-order valence-corrected chi connectivity index (χ0v) is 12.7. The number of carbonyl (C=O) groups excluding carboxylic acids is 1. The third-order valence-electron chi connectivity index (χ3n) is 4.75. The van der Waals surface area contributed by atoms with Crippen molar-refractivity contribution in [2.24, 2.45) is 0 Å². The number of amides is 1. The largest absolute Gasteiger partial charge is 0.337 e. The van der Waals surface area contributed by atoms with Gasteiger partial charge in [0.15, 0.2) is 0 Å². The van der Waals surface area contributed by atoms with Gasteiger partial charge in [0.2, 0.25) is 5.56 Å². The van der Waals surface area contributed by atoms with Crippen molar-refractivity contribution in [1.29, 1.82) is 0 Å². The molecule has 5 nitrogen and oxygen atoms in total. The second kappa shape index (κ2) is 5.64. The number of aromatic nitrogens is 1. The standard InChI is InChI=1S/C16H23N3O2/c1-11(2)19-13-3-4-14(19)10-18(8-6-13)16(21)12-5-7-17-15(20)9-12/h5,7,9,11,13-14H,3-4,6,8,10H2,1-2H3,(H,17,20). The second-order valence-electron chi connectivity index (χ2n) is 6.41. The average Bonchev–Trinajstić information content (AvgIpc) is 2.73. The zero-order chi connectivity index (χ0) is 15.0. The molecule has 0 aliphatic carbocycles. The Kier molecular flexibility index (Phi) is 3.85. The van der Waals surface area contributed by atoms with E-state index in [1.54, 1.807) is 12.3 Å². The van der Waals surface area contributed by atoms with Crippen LogP contribution >= 0.6 is 0 Å². The highest BCUT2D eigenvalue weighted by molar-refractivity contribution is 5.94. The molecule has 2 unspecified atom stereocenters. The predicted molar refractivity (Wildman–Crippen MR) is 81.4 cm³/mol. The van der Waals surface area contributed by atoms with Gasteiger partial charge in [-0.1, -0.05) is 0 Å². The minimum atomic E-state index is -0.221. The maximum Gasteiger partial charge on any atom is 0.254 e. The quantitative estimate of drug-likeness (QED) is 0.897. The van der Waals surface area contributed by atoms with E-state index in [1.807, 2.05) is 4.90 Å². The number of likely N-dealkylation sites (tertiary alicyclic amines) is 1. The van der Waals surface area contributed by atoms with E-state index in [1.165, 1.54) is 18.9 Å². The van der Waals surface area contributed by atoms with Crippen LogP contribution < -0.4 is 5.56 Å². The predicted octanol–water partition coefficient (Wildman–Crippen LogP) is 1.46. The third-order valence-corrected chi connectivity index (χ3v) is 4.75. The van der Waals surface area contributed by atoms with Gasteiger partial charge in [0, 0.05) is 49.0 Å². The lowest BCUT2D eigenvalue weighted by Gasteiger charge is -2.32. The van der Waals surface area contributed by atoms with E-state index in [-0.39, 0.29) is 11.5 Å². The maximum atomic E-state index is 12.6. The highest BCUT2D eigenvalue weighted by Gasteiger charge is 2.39. The van der Waals surface area contributed by atoms with Crippen molar-refractivity contribution < 1.29 is 4.79 Å². The number of fused-ring (bicyclic) bond motifs is 2. The summed E-state index contributed by atoms with van der Waals surface area (Å²) in [7, 11) is 0. The van der Waals surface area contributed by atoms with Crippen molar-refractivity contribution in [2.75, 3.05) is 13.1 Å². The highest BCUT2D eigenvalue weighted by atomic mass is 16.2. The summed E-state index contributed by atoms with van der Waals surface area (Å²) in [5.41, 5.74) is 0.272. The number of nitrogens with one attached hydrogen (secondary N) is 1. The number of pyridine rings is 1. The minimum Gasteiger partial charge on any atom is -0.337 e. The first-order valence-electron chi connectivity index (χ1n) is 7.81. The summed E-state index contributed by atoms with van der Waals surface area (Å²) in [6.07, 6.45) is 4.99. The van der Waals surface area contributed by atoms with Crippen molar-refractivity contribution >= 4 is 5.91 Å². The molecule has 0 radical (unpaired) electrons. The molecule has 2 atom stereocenters. The van der Waals surface area contributed by atoms with Gasteiger partial charge in [0.25, 0.3) is 5.91 Å². The Bertz CT molecular complexity index is 581. The Morgan fingerprint density at radius 3 is 2.76 bits per heavy atom. The molecule has 0 aromatic carbocycles. The van der Waals surface area contributed by atoms with Gasteiger partial charge in [-0.2, -0.15) is 0 Å². The summed E-state index contributed by atoms with van der Waals surface area (Å²) >= 11 is 0. The molecule has 114 valence electrons. The van der Waals surface area contributed by atoms with Crippen LogP contribution in [0.2, 0.25) is 0 Å². The van der Waals surface area contributed by atoms with E-state index in [4.69, 9.17) is 0 Å². The molecule has 2 aliphatic rings. The highest BCUT2D eigenvalue weighted by Crippen LogP contribution is 2.32. The Hall–Kier alpha value is -1.62. The van der Waals surface area contributed by atoms with Gasteiger partial charge in [0.1, 0.15) is 0 Å². The first-order valence-corrected chi connectivity index (χ1v) is 7.81. The zero-order valence-electron chi connectivity index (χ0n) is 12.7. The van der Waals surface area contributed by atoms with Gasteiger partial charge in [0.05, 0.1) is 0 Å². The first-order chi connectivity index (χ1) is 10.1. The molecular formula is C16H23N3O2. The lowest BCUT2D eigenvalue weighted by Crippen LogP contribution is -2.44. The monoisotopic (exact) mass is 289 g/mol. The van der Waals surface area contributed by atoms with Crippen molar-refractivity contribution in [3.63, 3.8) is 0 Å². The van der Waals surface area contributed by atoms with Crippen LogP contribution in [0.25, 0.3) is 0 Å². The maximum absolute atomic E-state index is 12.6. The number of nitrogens with zero attached hydrogens (tertiary/aromatic N) is 2. The van der Waals surface area contributed by atoms with E-state index < -0.39 is 0 Å². The van der Waals surface area contributed by atoms with Crippen molar-refractivity contribution in [1.82, 2.24) is 14.8 Å². The first kappa shape index (κ1) is 14.3. The Morgan fingerprint density at radius 2 is 2.05 bits per heavy atom. The van der Waals surface area contributed by atoms with Crippen LogP contribution in [0.15, 0.2) is 23.1 Å². The molecule has 0 saturated carbocycles. The summed E-state index contributed by atoms with van der Waals surface area (Å²) in [5, 5.41) is 0. The lowest BCUT2D eigenvalue weighted by atomic mass is 10.1. The van der Waals surface area contributed by atoms with Gasteiger partial charge in [-0.25, -0.2) is 0 Å². The van der Waals surface area contributed by atoms with Crippen LogP contribution in [0.1, 0.15) is 43.5 Å². The Morgan fingerprint density at radius 1 is 1.29 bits per heavy atom. The molecule has 5 heteroatoms. The van der Waals surface area contributed by atoms with Crippen LogP contribution in [0.4, 0.5) is 0 Å². The number of hydrogen-bond acceptors (Lipinski definition) is 3. The van der Waals surface area contributed by atoms with Gasteiger partial charge < -0.3 is 9.88 Å². The van der Waals surface area contributed by atoms with Crippen LogP contribution in [-0.2, 0) is 0 Å². The summed E-state index contributed by atoms with van der Waals surface area (Å²) in [6.45, 7) is 6.04. The molecular weight excluding hydrogens is 266 g/mol. The number of aromatic amines is 1. The normalized spacial score (nSPS) is 26.1. The van der Waals surface area contributed by atoms with Crippen LogP contribution in [0, 0.1) is 0 Å². The summed E-state index contributed by atoms with van der Waals surface area (Å²) < 4.78 is 0. The van der Waals surface area contributed by atoms with Crippen LogP contribution in [-0.4, -0.2) is 51.9 Å². The van der Waals surface area contributed by atoms with Crippen LogP contribution in [0.5, 0.6) is 0 Å². The molecule has 0 spiro atoms. The van der Waals surface area contributed by atoms with E-state index in [0.29, 0.717) is 23.7 Å². The number of H-pyrrole nitrogens is 1. The molecule has 2 fully saturated rings. The second-order valence-corrected chi connectivity index (χ2v) is 6.41. The van der Waals surface area contributed by atoms with Gasteiger partial charge in [-0.05, 0) is 39.2 Å². The average molecular weight is 289 g/mol. The number of hydrogen-bond donors (Lipinski definition) is 1. The topological polar surface area (TPSA) is 56.4 Å². The van der Waals surface area contributed by atoms with E-state index in [9.17, 15) is 9.59 Å². The fourth-order valence-electron chi connectivity index (χ4n) is 3.90. The van der Waals surface area contributed by atoms with E-state index in [0.717, 1.165) is 19.5 Å². The summed E-state index contributed by atoms with van der Waals surface area (Å²) in [5.74, 6) is -0.0163. The molecule has 3 rings (SSSR count). The van der Waals surface area contributed by atoms with Crippen LogP contribution in [0.3, 0.4) is 0 Å². The third kappa shape index (κ3) is 2.75. The fourth-order valence-corrected chi connectivity index (χ4v) is 3.90. The molecule has 2 aliphatic heterocycles. The molecule has 1 aromatic rings. The molecule has 1 aromatic heterocycles. The molecule has 3 heterocycles. The lowest BCUT2D eigenvalue weighted by molar-refractivity contribution is 0.0728. The van der Waals surface area contributed by atoms with Crippen molar-refractivity contribution in [3.05, 3.63) is 34.2 Å². The summed E-state index contributed by atoms with van der Waals surface area (Å²) in [6, 6.07) is 4.67. The SMILES string of the molecule is CC(C)N1C2CCC1CN(C(=O)c1cc[nH]c(=O)c1)CC2. The molecule has 21 heavy (non-hydrogen) atoms. The smallest absolute Gasteiger partial charge is 0.254 e. The molecule has 2 saturated heterocycles. The van der Waals surface area contributed by atoms with Crippen molar-refractivity contribution in [3.8, 4) is 0 Å². The van der Waals surface area contributed by atoms with E-state index in [2.05, 4.69) is 23.7 Å². The Labute approximate surface area is 124 Å². The van der Waals surface area contributed by atoms with E-state index >= 15 is 0 Å². The molecule has 1 N–H and O–H groups in total.